The molecule has 24 heavy (non-hydrogen) atoms. The summed E-state index contributed by atoms with van der Waals surface area (Å²) in [5, 5.41) is 5.95. The summed E-state index contributed by atoms with van der Waals surface area (Å²) in [5.41, 5.74) is 3.22. The molecular formula is C20H25N3O. The minimum atomic E-state index is -0.152. The monoisotopic (exact) mass is 323 g/mol. The number of nitrogens with one attached hydrogen (secondary N) is 2. The van der Waals surface area contributed by atoms with Crippen LogP contribution in [0.5, 0.6) is 0 Å². The van der Waals surface area contributed by atoms with Crippen molar-refractivity contribution in [1.29, 1.82) is 0 Å². The highest BCUT2D eigenvalue weighted by atomic mass is 16.2. The molecule has 0 aliphatic carbocycles. The van der Waals surface area contributed by atoms with E-state index in [1.807, 2.05) is 37.3 Å². The Morgan fingerprint density at radius 2 is 1.83 bits per heavy atom. The predicted octanol–water partition coefficient (Wildman–Crippen LogP) is 3.95. The lowest BCUT2D eigenvalue weighted by atomic mass is 10.1. The highest BCUT2D eigenvalue weighted by Gasteiger charge is 2.23. The average molecular weight is 323 g/mol. The molecule has 0 radical (unpaired) electrons. The van der Waals surface area contributed by atoms with Gasteiger partial charge in [0.25, 0.3) is 0 Å². The maximum Gasteiger partial charge on any atom is 0.319 e. The average Bonchev–Trinajstić information content (AvgIpc) is 3.10. The van der Waals surface area contributed by atoms with Crippen molar-refractivity contribution >= 4 is 11.7 Å². The molecule has 1 aliphatic heterocycles. The van der Waals surface area contributed by atoms with E-state index in [9.17, 15) is 4.79 Å². The number of carbonyl (C=O) groups excluding carboxylic acids is 1. The molecule has 0 aromatic heterocycles. The molecular weight excluding hydrogens is 298 g/mol. The Morgan fingerprint density at radius 3 is 2.54 bits per heavy atom. The summed E-state index contributed by atoms with van der Waals surface area (Å²) in [5.74, 6) is 0. The van der Waals surface area contributed by atoms with E-state index in [0.29, 0.717) is 6.54 Å². The normalized spacial score (nSPS) is 15.9. The zero-order valence-electron chi connectivity index (χ0n) is 14.2. The van der Waals surface area contributed by atoms with Crippen LogP contribution in [-0.4, -0.2) is 30.6 Å². The van der Waals surface area contributed by atoms with E-state index in [-0.39, 0.29) is 12.1 Å². The number of amides is 2. The molecule has 4 nitrogen and oxygen atoms in total. The number of hydrogen-bond donors (Lipinski definition) is 2. The van der Waals surface area contributed by atoms with Crippen molar-refractivity contribution < 1.29 is 4.79 Å². The summed E-state index contributed by atoms with van der Waals surface area (Å²) < 4.78 is 0. The van der Waals surface area contributed by atoms with Gasteiger partial charge < -0.3 is 10.6 Å². The number of urea groups is 1. The van der Waals surface area contributed by atoms with Gasteiger partial charge in [-0.05, 0) is 56.1 Å². The van der Waals surface area contributed by atoms with Crippen molar-refractivity contribution in [3.05, 3.63) is 65.7 Å². The van der Waals surface area contributed by atoms with Gasteiger partial charge >= 0.3 is 6.03 Å². The summed E-state index contributed by atoms with van der Waals surface area (Å²) in [6, 6.07) is 18.4. The van der Waals surface area contributed by atoms with Gasteiger partial charge in [0.15, 0.2) is 0 Å². The Kier molecular flexibility index (Phi) is 5.49. The maximum absolute atomic E-state index is 12.2. The molecule has 1 aliphatic rings. The molecule has 2 aromatic carbocycles. The lowest BCUT2D eigenvalue weighted by molar-refractivity contribution is 0.227. The summed E-state index contributed by atoms with van der Waals surface area (Å²) in [6.07, 6.45) is 2.47. The third-order valence-corrected chi connectivity index (χ3v) is 4.50. The lowest BCUT2D eigenvalue weighted by Gasteiger charge is -2.28. The number of hydrogen-bond acceptors (Lipinski definition) is 2. The van der Waals surface area contributed by atoms with E-state index in [4.69, 9.17) is 0 Å². The van der Waals surface area contributed by atoms with E-state index in [1.165, 1.54) is 18.4 Å². The van der Waals surface area contributed by atoms with Gasteiger partial charge in [-0.1, -0.05) is 42.5 Å². The highest BCUT2D eigenvalue weighted by molar-refractivity contribution is 5.89. The van der Waals surface area contributed by atoms with Crippen molar-refractivity contribution in [2.75, 3.05) is 25.0 Å². The molecule has 1 fully saturated rings. The summed E-state index contributed by atoms with van der Waals surface area (Å²) in [6.45, 7) is 4.82. The lowest BCUT2D eigenvalue weighted by Crippen LogP contribution is -2.38. The molecule has 0 saturated carbocycles. The number of likely N-dealkylation sites (tertiary alicyclic amines) is 1. The third kappa shape index (κ3) is 4.36. The van der Waals surface area contributed by atoms with Crippen molar-refractivity contribution in [1.82, 2.24) is 10.2 Å². The van der Waals surface area contributed by atoms with Crippen LogP contribution >= 0.6 is 0 Å². The number of carbonyl (C=O) groups is 1. The molecule has 1 heterocycles. The van der Waals surface area contributed by atoms with Crippen molar-refractivity contribution in [3.8, 4) is 0 Å². The smallest absolute Gasteiger partial charge is 0.319 e. The standard InChI is InChI=1S/C20H25N3O/c1-16-8-7-11-18(14-16)22-20(24)21-15-19(23-12-5-6-13-23)17-9-3-2-4-10-17/h2-4,7-11,14,19H,5-6,12-13,15H2,1H3,(H2,21,22,24)/t19-/m1/s1. The van der Waals surface area contributed by atoms with Crippen LogP contribution in [0.1, 0.15) is 30.0 Å². The molecule has 126 valence electrons. The Balaban J connectivity index is 1.61. The Labute approximate surface area is 143 Å². The van der Waals surface area contributed by atoms with Crippen LogP contribution in [0.15, 0.2) is 54.6 Å². The molecule has 0 spiro atoms. The van der Waals surface area contributed by atoms with Crippen molar-refractivity contribution in [3.63, 3.8) is 0 Å². The van der Waals surface area contributed by atoms with Crippen LogP contribution in [0.25, 0.3) is 0 Å². The van der Waals surface area contributed by atoms with Gasteiger partial charge in [0.05, 0.1) is 6.04 Å². The number of benzene rings is 2. The van der Waals surface area contributed by atoms with E-state index in [2.05, 4.69) is 39.8 Å². The van der Waals surface area contributed by atoms with E-state index < -0.39 is 0 Å². The van der Waals surface area contributed by atoms with Gasteiger partial charge in [-0.25, -0.2) is 4.79 Å². The van der Waals surface area contributed by atoms with Crippen LogP contribution in [0, 0.1) is 6.92 Å². The molecule has 0 unspecified atom stereocenters. The number of aryl methyl sites for hydroxylation is 1. The second kappa shape index (κ2) is 7.97. The zero-order valence-corrected chi connectivity index (χ0v) is 14.2. The Morgan fingerprint density at radius 1 is 1.08 bits per heavy atom. The van der Waals surface area contributed by atoms with Gasteiger partial charge in [0.2, 0.25) is 0 Å². The molecule has 4 heteroatoms. The third-order valence-electron chi connectivity index (χ3n) is 4.50. The van der Waals surface area contributed by atoms with Crippen LogP contribution in [0.2, 0.25) is 0 Å². The first-order valence-corrected chi connectivity index (χ1v) is 8.63. The Bertz CT molecular complexity index is 666. The largest absolute Gasteiger partial charge is 0.336 e. The zero-order chi connectivity index (χ0) is 16.8. The van der Waals surface area contributed by atoms with Crippen LogP contribution in [0.4, 0.5) is 10.5 Å². The molecule has 1 saturated heterocycles. The SMILES string of the molecule is Cc1cccc(NC(=O)NC[C@H](c2ccccc2)N2CCCC2)c1. The first kappa shape index (κ1) is 16.5. The molecule has 0 bridgehead atoms. The molecule has 1 atom stereocenters. The second-order valence-electron chi connectivity index (χ2n) is 6.37. The Hall–Kier alpha value is -2.33. The molecule has 2 amide bonds. The minimum Gasteiger partial charge on any atom is -0.336 e. The van der Waals surface area contributed by atoms with Crippen molar-refractivity contribution in [2.45, 2.75) is 25.8 Å². The fraction of sp³-hybridized carbons (Fsp3) is 0.350. The molecule has 2 N–H and O–H groups in total. The summed E-state index contributed by atoms with van der Waals surface area (Å²) >= 11 is 0. The molecule has 3 rings (SSSR count). The van der Waals surface area contributed by atoms with Crippen LogP contribution in [0.3, 0.4) is 0 Å². The van der Waals surface area contributed by atoms with Crippen LogP contribution < -0.4 is 10.6 Å². The van der Waals surface area contributed by atoms with Gasteiger partial charge in [0, 0.05) is 12.2 Å². The minimum absolute atomic E-state index is 0.152. The van der Waals surface area contributed by atoms with Gasteiger partial charge in [-0.15, -0.1) is 0 Å². The van der Waals surface area contributed by atoms with Gasteiger partial charge in [-0.3, -0.25) is 4.90 Å². The maximum atomic E-state index is 12.2. The fourth-order valence-electron chi connectivity index (χ4n) is 3.27. The van der Waals surface area contributed by atoms with E-state index in [1.54, 1.807) is 0 Å². The topological polar surface area (TPSA) is 44.4 Å². The first-order valence-electron chi connectivity index (χ1n) is 8.63. The first-order chi connectivity index (χ1) is 11.7. The quantitative estimate of drug-likeness (QED) is 0.875. The number of nitrogens with zero attached hydrogens (tertiary/aromatic N) is 1. The van der Waals surface area contributed by atoms with Gasteiger partial charge in [0.1, 0.15) is 0 Å². The second-order valence-corrected chi connectivity index (χ2v) is 6.37. The van der Waals surface area contributed by atoms with E-state index in [0.717, 1.165) is 24.3 Å². The van der Waals surface area contributed by atoms with Gasteiger partial charge in [-0.2, -0.15) is 0 Å². The van der Waals surface area contributed by atoms with Crippen LogP contribution in [-0.2, 0) is 0 Å². The van der Waals surface area contributed by atoms with E-state index >= 15 is 0 Å². The highest BCUT2D eigenvalue weighted by Crippen LogP contribution is 2.24. The summed E-state index contributed by atoms with van der Waals surface area (Å²) in [4.78, 5) is 14.7. The predicted molar refractivity (Wildman–Crippen MR) is 98.2 cm³/mol. The number of rotatable bonds is 5. The van der Waals surface area contributed by atoms with Crippen molar-refractivity contribution in [2.24, 2.45) is 0 Å². The molecule has 2 aromatic rings. The number of anilines is 1. The summed E-state index contributed by atoms with van der Waals surface area (Å²) in [7, 11) is 0. The fourth-order valence-corrected chi connectivity index (χ4v) is 3.27.